The minimum atomic E-state index is -0.450. The maximum Gasteiger partial charge on any atom is 0.323 e. The van der Waals surface area contributed by atoms with Gasteiger partial charge in [-0.15, -0.1) is 0 Å². The van der Waals surface area contributed by atoms with Gasteiger partial charge in [0.2, 0.25) is 0 Å². The zero-order chi connectivity index (χ0) is 29.3. The predicted octanol–water partition coefficient (Wildman–Crippen LogP) is 5.47. The first-order chi connectivity index (χ1) is 20.5. The average molecular weight is 561 g/mol. The highest BCUT2D eigenvalue weighted by Crippen LogP contribution is 2.31. The van der Waals surface area contributed by atoms with Gasteiger partial charge < -0.3 is 30.5 Å². The minimum absolute atomic E-state index is 0.225. The van der Waals surface area contributed by atoms with Gasteiger partial charge in [0.25, 0.3) is 5.91 Å². The van der Waals surface area contributed by atoms with Gasteiger partial charge in [0.1, 0.15) is 5.75 Å². The summed E-state index contributed by atoms with van der Waals surface area (Å²) in [6.45, 7) is 3.33. The molecule has 42 heavy (non-hydrogen) atoms. The number of nitrogens with zero attached hydrogens (tertiary/aromatic N) is 3. The van der Waals surface area contributed by atoms with Crippen molar-refractivity contribution in [1.29, 1.82) is 5.26 Å². The molecule has 0 aliphatic carbocycles. The van der Waals surface area contributed by atoms with E-state index in [2.05, 4.69) is 37.9 Å². The molecule has 4 aromatic carbocycles. The van der Waals surface area contributed by atoms with E-state index in [0.717, 1.165) is 35.8 Å². The van der Waals surface area contributed by atoms with Crippen LogP contribution in [0, 0.1) is 11.3 Å². The summed E-state index contributed by atoms with van der Waals surface area (Å²) >= 11 is 0. The Morgan fingerprint density at radius 1 is 0.786 bits per heavy atom. The third-order valence-corrected chi connectivity index (χ3v) is 7.11. The molecule has 1 heterocycles. The largest absolute Gasteiger partial charge is 0.495 e. The molecule has 9 nitrogen and oxygen atoms in total. The summed E-state index contributed by atoms with van der Waals surface area (Å²) in [5, 5.41) is 17.6. The fraction of sp³-hybridized carbons (Fsp3) is 0.182. The van der Waals surface area contributed by atoms with E-state index < -0.39 is 6.03 Å². The van der Waals surface area contributed by atoms with Crippen molar-refractivity contribution in [3.63, 3.8) is 0 Å². The molecule has 212 valence electrons. The SMILES string of the molecule is COc1ccccc1N1CCN(c2ccc(NC(=O)Nc3ccc(C#N)cc3)cc2C(=O)NCc2ccccc2)CC1. The topological polar surface area (TPSA) is 110 Å². The van der Waals surface area contributed by atoms with Crippen LogP contribution in [0.1, 0.15) is 21.5 Å². The van der Waals surface area contributed by atoms with E-state index in [1.54, 1.807) is 43.5 Å². The number of methoxy groups -OCH3 is 1. The van der Waals surface area contributed by atoms with E-state index >= 15 is 0 Å². The number of rotatable bonds is 8. The van der Waals surface area contributed by atoms with Gasteiger partial charge >= 0.3 is 6.03 Å². The van der Waals surface area contributed by atoms with Crippen LogP contribution in [0.5, 0.6) is 5.75 Å². The summed E-state index contributed by atoms with van der Waals surface area (Å²) in [6, 6.07) is 31.3. The summed E-state index contributed by atoms with van der Waals surface area (Å²) in [5.41, 5.74) is 4.87. The third kappa shape index (κ3) is 6.80. The second-order valence-corrected chi connectivity index (χ2v) is 9.81. The fourth-order valence-corrected chi connectivity index (χ4v) is 4.95. The van der Waals surface area contributed by atoms with Crippen molar-refractivity contribution in [3.05, 3.63) is 114 Å². The molecule has 4 aromatic rings. The molecule has 0 spiro atoms. The number of nitriles is 1. The van der Waals surface area contributed by atoms with E-state index in [4.69, 9.17) is 10.00 Å². The molecule has 0 saturated carbocycles. The van der Waals surface area contributed by atoms with Crippen molar-refractivity contribution < 1.29 is 14.3 Å². The van der Waals surface area contributed by atoms with Gasteiger partial charge in [-0.3, -0.25) is 4.79 Å². The Balaban J connectivity index is 1.33. The number of urea groups is 1. The number of carbonyl (C=O) groups is 2. The van der Waals surface area contributed by atoms with Gasteiger partial charge in [0, 0.05) is 49.8 Å². The summed E-state index contributed by atoms with van der Waals surface area (Å²) in [7, 11) is 1.68. The average Bonchev–Trinajstić information content (AvgIpc) is 3.04. The zero-order valence-electron chi connectivity index (χ0n) is 23.3. The van der Waals surface area contributed by atoms with Crippen LogP contribution in [-0.2, 0) is 6.54 Å². The molecule has 1 fully saturated rings. The van der Waals surface area contributed by atoms with Crippen LogP contribution in [0.3, 0.4) is 0 Å². The summed E-state index contributed by atoms with van der Waals surface area (Å²) in [6.07, 6.45) is 0. The summed E-state index contributed by atoms with van der Waals surface area (Å²) in [5.74, 6) is 0.610. The Labute approximate surface area is 245 Å². The van der Waals surface area contributed by atoms with Gasteiger partial charge in [-0.2, -0.15) is 5.26 Å². The van der Waals surface area contributed by atoms with E-state index in [-0.39, 0.29) is 5.91 Å². The zero-order valence-corrected chi connectivity index (χ0v) is 23.3. The van der Waals surface area contributed by atoms with Crippen molar-refractivity contribution in [3.8, 4) is 11.8 Å². The molecular weight excluding hydrogens is 528 g/mol. The number of carbonyl (C=O) groups excluding carboxylic acids is 2. The monoisotopic (exact) mass is 560 g/mol. The van der Waals surface area contributed by atoms with Crippen LogP contribution in [0.4, 0.5) is 27.5 Å². The molecule has 0 bridgehead atoms. The lowest BCUT2D eigenvalue weighted by atomic mass is 10.1. The number of piperazine rings is 1. The Hall–Kier alpha value is -5.49. The molecule has 3 N–H and O–H groups in total. The van der Waals surface area contributed by atoms with Gasteiger partial charge in [0.05, 0.1) is 30.0 Å². The van der Waals surface area contributed by atoms with Crippen molar-refractivity contribution in [2.75, 3.05) is 53.7 Å². The van der Waals surface area contributed by atoms with E-state index in [0.29, 0.717) is 42.1 Å². The van der Waals surface area contributed by atoms with Crippen molar-refractivity contribution in [2.24, 2.45) is 0 Å². The normalized spacial score (nSPS) is 12.7. The lowest BCUT2D eigenvalue weighted by Crippen LogP contribution is -2.47. The maximum atomic E-state index is 13.5. The molecule has 0 unspecified atom stereocenters. The van der Waals surface area contributed by atoms with Crippen molar-refractivity contribution >= 4 is 34.7 Å². The van der Waals surface area contributed by atoms with E-state index in [9.17, 15) is 9.59 Å². The number of para-hydroxylation sites is 2. The molecule has 0 aromatic heterocycles. The Kier molecular flexibility index (Phi) is 8.85. The number of nitrogens with one attached hydrogen (secondary N) is 3. The molecule has 0 atom stereocenters. The second-order valence-electron chi connectivity index (χ2n) is 9.81. The highest BCUT2D eigenvalue weighted by Gasteiger charge is 2.24. The molecule has 9 heteroatoms. The number of anilines is 4. The second kappa shape index (κ2) is 13.2. The van der Waals surface area contributed by atoms with Crippen molar-refractivity contribution in [1.82, 2.24) is 5.32 Å². The van der Waals surface area contributed by atoms with Crippen molar-refractivity contribution in [2.45, 2.75) is 6.54 Å². The first kappa shape index (κ1) is 28.1. The van der Waals surface area contributed by atoms with Gasteiger partial charge in [-0.1, -0.05) is 42.5 Å². The lowest BCUT2D eigenvalue weighted by Gasteiger charge is -2.38. The molecule has 1 aliphatic heterocycles. The Morgan fingerprint density at radius 3 is 2.10 bits per heavy atom. The lowest BCUT2D eigenvalue weighted by molar-refractivity contribution is 0.0951. The quantitative estimate of drug-likeness (QED) is 0.264. The highest BCUT2D eigenvalue weighted by molar-refractivity contribution is 6.04. The molecule has 1 aliphatic rings. The summed E-state index contributed by atoms with van der Waals surface area (Å²) < 4.78 is 5.56. The molecule has 3 amide bonds. The number of hydrogen-bond donors (Lipinski definition) is 3. The molecule has 0 radical (unpaired) electrons. The third-order valence-electron chi connectivity index (χ3n) is 7.11. The van der Waals surface area contributed by atoms with E-state index in [1.165, 1.54) is 0 Å². The predicted molar refractivity (Wildman–Crippen MR) is 165 cm³/mol. The van der Waals surface area contributed by atoms with Crippen LogP contribution in [0.15, 0.2) is 97.1 Å². The first-order valence-corrected chi connectivity index (χ1v) is 13.7. The number of hydrogen-bond acceptors (Lipinski definition) is 6. The van der Waals surface area contributed by atoms with E-state index in [1.807, 2.05) is 54.6 Å². The van der Waals surface area contributed by atoms with Gasteiger partial charge in [-0.05, 0) is 60.2 Å². The molecule has 1 saturated heterocycles. The van der Waals surface area contributed by atoms with Crippen LogP contribution in [0.25, 0.3) is 0 Å². The number of ether oxygens (including phenoxy) is 1. The Bertz CT molecular complexity index is 1580. The minimum Gasteiger partial charge on any atom is -0.495 e. The molecular formula is C33H32N6O3. The van der Waals surface area contributed by atoms with Gasteiger partial charge in [-0.25, -0.2) is 4.79 Å². The fourth-order valence-electron chi connectivity index (χ4n) is 4.95. The first-order valence-electron chi connectivity index (χ1n) is 13.7. The van der Waals surface area contributed by atoms with Crippen LogP contribution < -0.4 is 30.5 Å². The number of benzene rings is 4. The molecule has 5 rings (SSSR count). The Morgan fingerprint density at radius 2 is 1.40 bits per heavy atom. The smallest absolute Gasteiger partial charge is 0.323 e. The standard InChI is InChI=1S/C33H32N6O3/c1-42-31-10-6-5-9-30(31)39-19-17-38(18-20-39)29-16-15-27(37-33(41)36-26-13-11-24(22-34)12-14-26)21-28(29)32(40)35-23-25-7-3-2-4-8-25/h2-16,21H,17-20,23H2,1H3,(H,35,40)(H2,36,37,41). The summed E-state index contributed by atoms with van der Waals surface area (Å²) in [4.78, 5) is 30.7. The van der Waals surface area contributed by atoms with Crippen LogP contribution in [-0.4, -0.2) is 45.2 Å². The van der Waals surface area contributed by atoms with Crippen LogP contribution in [0.2, 0.25) is 0 Å². The van der Waals surface area contributed by atoms with Crippen LogP contribution >= 0.6 is 0 Å². The number of amides is 3. The highest BCUT2D eigenvalue weighted by atomic mass is 16.5. The van der Waals surface area contributed by atoms with Gasteiger partial charge in [0.15, 0.2) is 0 Å². The maximum absolute atomic E-state index is 13.5.